The molecule has 0 atom stereocenters. The average molecular weight is 420 g/mol. The Hall–Kier alpha value is -3.56. The molecule has 0 radical (unpaired) electrons. The van der Waals surface area contributed by atoms with Crippen LogP contribution in [0.15, 0.2) is 42.5 Å². The summed E-state index contributed by atoms with van der Waals surface area (Å²) in [5.74, 6) is -1.10. The topological polar surface area (TPSA) is 99.0 Å². The molecule has 0 aliphatic carbocycles. The van der Waals surface area contributed by atoms with Gasteiger partial charge in [0, 0.05) is 24.4 Å². The predicted octanol–water partition coefficient (Wildman–Crippen LogP) is 3.26. The van der Waals surface area contributed by atoms with Crippen LogP contribution in [-0.4, -0.2) is 36.6 Å². The Kier molecular flexibility index (Phi) is 6.55. The molecule has 0 spiro atoms. The standard InChI is InChI=1S/C20H18F2N2O6/c21-20(22)30-16-6-3-13(4-7-16)10-19(26)29-12-18(25)23-9-1-2-14-11-15(24(27)28)5-8-17(14)23/h3-8,11,20H,1-2,9-10,12H2. The highest BCUT2D eigenvalue weighted by molar-refractivity contribution is 5.96. The number of benzene rings is 2. The van der Waals surface area contributed by atoms with Crippen molar-refractivity contribution in [3.8, 4) is 5.75 Å². The Morgan fingerprint density at radius 3 is 2.57 bits per heavy atom. The highest BCUT2D eigenvalue weighted by Crippen LogP contribution is 2.30. The number of hydrogen-bond donors (Lipinski definition) is 0. The molecule has 0 unspecified atom stereocenters. The molecule has 158 valence electrons. The molecule has 1 aliphatic rings. The molecular weight excluding hydrogens is 402 g/mol. The number of alkyl halides is 2. The van der Waals surface area contributed by atoms with Gasteiger partial charge >= 0.3 is 12.6 Å². The fourth-order valence-corrected chi connectivity index (χ4v) is 3.18. The molecule has 8 nitrogen and oxygen atoms in total. The summed E-state index contributed by atoms with van der Waals surface area (Å²) in [5, 5.41) is 10.9. The average Bonchev–Trinajstić information content (AvgIpc) is 2.72. The van der Waals surface area contributed by atoms with Crippen molar-refractivity contribution in [2.24, 2.45) is 0 Å². The number of carbonyl (C=O) groups excluding carboxylic acids is 2. The maximum absolute atomic E-state index is 12.5. The number of esters is 1. The van der Waals surface area contributed by atoms with E-state index in [0.717, 1.165) is 0 Å². The van der Waals surface area contributed by atoms with Crippen LogP contribution in [0.25, 0.3) is 0 Å². The van der Waals surface area contributed by atoms with Crippen LogP contribution in [0.1, 0.15) is 17.5 Å². The van der Waals surface area contributed by atoms with E-state index in [1.165, 1.54) is 47.4 Å². The van der Waals surface area contributed by atoms with Crippen molar-refractivity contribution in [3.63, 3.8) is 0 Å². The summed E-state index contributed by atoms with van der Waals surface area (Å²) in [6, 6.07) is 9.83. The molecule has 0 saturated carbocycles. The van der Waals surface area contributed by atoms with Gasteiger partial charge in [-0.2, -0.15) is 8.78 Å². The number of non-ortho nitro benzene ring substituents is 1. The number of ether oxygens (including phenoxy) is 2. The smallest absolute Gasteiger partial charge is 0.387 e. The van der Waals surface area contributed by atoms with Crippen LogP contribution in [0.3, 0.4) is 0 Å². The molecule has 0 bridgehead atoms. The highest BCUT2D eigenvalue weighted by atomic mass is 19.3. The Labute approximate surface area is 170 Å². The van der Waals surface area contributed by atoms with Crippen LogP contribution in [0.4, 0.5) is 20.2 Å². The van der Waals surface area contributed by atoms with Crippen molar-refractivity contribution in [1.29, 1.82) is 0 Å². The maximum atomic E-state index is 12.5. The number of amides is 1. The van der Waals surface area contributed by atoms with Gasteiger partial charge in [-0.3, -0.25) is 19.7 Å². The van der Waals surface area contributed by atoms with Crippen molar-refractivity contribution < 1.29 is 32.8 Å². The Morgan fingerprint density at radius 2 is 1.90 bits per heavy atom. The molecule has 2 aromatic carbocycles. The van der Waals surface area contributed by atoms with E-state index in [1.54, 1.807) is 0 Å². The van der Waals surface area contributed by atoms with Crippen molar-refractivity contribution in [2.45, 2.75) is 25.9 Å². The summed E-state index contributed by atoms with van der Waals surface area (Å²) >= 11 is 0. The number of hydrogen-bond acceptors (Lipinski definition) is 6. The van der Waals surface area contributed by atoms with Gasteiger partial charge in [-0.1, -0.05) is 12.1 Å². The van der Waals surface area contributed by atoms with Gasteiger partial charge in [-0.05, 0) is 42.2 Å². The molecule has 1 amide bonds. The molecule has 0 saturated heterocycles. The second kappa shape index (κ2) is 9.29. The van der Waals surface area contributed by atoms with Crippen LogP contribution >= 0.6 is 0 Å². The summed E-state index contributed by atoms with van der Waals surface area (Å²) in [5.41, 5.74) is 1.74. The van der Waals surface area contributed by atoms with Crippen molar-refractivity contribution in [3.05, 3.63) is 63.7 Å². The number of nitro benzene ring substituents is 1. The van der Waals surface area contributed by atoms with Gasteiger partial charge in [-0.15, -0.1) is 0 Å². The number of fused-ring (bicyclic) bond motifs is 1. The van der Waals surface area contributed by atoms with Gasteiger partial charge in [-0.25, -0.2) is 0 Å². The minimum atomic E-state index is -2.93. The zero-order valence-corrected chi connectivity index (χ0v) is 15.8. The summed E-state index contributed by atoms with van der Waals surface area (Å²) < 4.78 is 33.6. The quantitative estimate of drug-likeness (QED) is 0.387. The van der Waals surface area contributed by atoms with Crippen LogP contribution < -0.4 is 9.64 Å². The number of halogens is 2. The van der Waals surface area contributed by atoms with Crippen LogP contribution in [0, 0.1) is 10.1 Å². The lowest BCUT2D eigenvalue weighted by molar-refractivity contribution is -0.384. The van der Waals surface area contributed by atoms with Gasteiger partial charge < -0.3 is 14.4 Å². The number of carbonyl (C=O) groups is 2. The second-order valence-electron chi connectivity index (χ2n) is 6.58. The number of nitro groups is 1. The van der Waals surface area contributed by atoms with E-state index in [1.807, 2.05) is 0 Å². The number of aryl methyl sites for hydroxylation is 1. The van der Waals surface area contributed by atoms with Gasteiger partial charge in [0.25, 0.3) is 11.6 Å². The number of anilines is 1. The van der Waals surface area contributed by atoms with E-state index in [-0.39, 0.29) is 17.9 Å². The lowest BCUT2D eigenvalue weighted by Crippen LogP contribution is -2.38. The first-order valence-corrected chi connectivity index (χ1v) is 9.10. The van der Waals surface area contributed by atoms with E-state index in [2.05, 4.69) is 4.74 Å². The lowest BCUT2D eigenvalue weighted by atomic mass is 10.0. The fourth-order valence-electron chi connectivity index (χ4n) is 3.18. The van der Waals surface area contributed by atoms with Crippen LogP contribution in [0.2, 0.25) is 0 Å². The largest absolute Gasteiger partial charge is 0.455 e. The van der Waals surface area contributed by atoms with Crippen molar-refractivity contribution in [2.75, 3.05) is 18.1 Å². The van der Waals surface area contributed by atoms with Gasteiger partial charge in [0.1, 0.15) is 5.75 Å². The predicted molar refractivity (Wildman–Crippen MR) is 102 cm³/mol. The summed E-state index contributed by atoms with van der Waals surface area (Å²) in [7, 11) is 0. The SMILES string of the molecule is O=C(Cc1ccc(OC(F)F)cc1)OCC(=O)N1CCCc2cc([N+](=O)[O-])ccc21. The number of rotatable bonds is 7. The van der Waals surface area contributed by atoms with Crippen molar-refractivity contribution >= 4 is 23.3 Å². The van der Waals surface area contributed by atoms with E-state index >= 15 is 0 Å². The lowest BCUT2D eigenvalue weighted by Gasteiger charge is -2.29. The molecule has 30 heavy (non-hydrogen) atoms. The zero-order chi connectivity index (χ0) is 21.7. The molecule has 1 aliphatic heterocycles. The van der Waals surface area contributed by atoms with E-state index in [9.17, 15) is 28.5 Å². The summed E-state index contributed by atoms with van der Waals surface area (Å²) in [6.45, 7) is -2.98. The van der Waals surface area contributed by atoms with Gasteiger partial charge in [0.2, 0.25) is 0 Å². The molecule has 2 aromatic rings. The first-order chi connectivity index (χ1) is 14.3. The first kappa shape index (κ1) is 21.2. The van der Waals surface area contributed by atoms with Gasteiger partial charge in [0.15, 0.2) is 6.61 Å². The molecule has 10 heteroatoms. The van der Waals surface area contributed by atoms with Crippen LogP contribution in [0.5, 0.6) is 5.75 Å². The molecule has 0 N–H and O–H groups in total. The van der Waals surface area contributed by atoms with E-state index < -0.39 is 30.0 Å². The minimum absolute atomic E-state index is 0.0266. The monoisotopic (exact) mass is 420 g/mol. The zero-order valence-electron chi connectivity index (χ0n) is 15.8. The third kappa shape index (κ3) is 5.28. The van der Waals surface area contributed by atoms with E-state index in [4.69, 9.17) is 4.74 Å². The summed E-state index contributed by atoms with van der Waals surface area (Å²) in [6.07, 6.45) is 1.12. The normalized spacial score (nSPS) is 13.0. The first-order valence-electron chi connectivity index (χ1n) is 9.10. The summed E-state index contributed by atoms with van der Waals surface area (Å²) in [4.78, 5) is 36.4. The maximum Gasteiger partial charge on any atom is 0.387 e. The molecule has 1 heterocycles. The molecule has 3 rings (SSSR count). The third-order valence-electron chi connectivity index (χ3n) is 4.55. The Morgan fingerprint density at radius 1 is 1.17 bits per heavy atom. The fraction of sp³-hybridized carbons (Fsp3) is 0.300. The van der Waals surface area contributed by atoms with Gasteiger partial charge in [0.05, 0.1) is 11.3 Å². The van der Waals surface area contributed by atoms with Crippen LogP contribution in [-0.2, 0) is 27.2 Å². The minimum Gasteiger partial charge on any atom is -0.455 e. The second-order valence-corrected chi connectivity index (χ2v) is 6.58. The highest BCUT2D eigenvalue weighted by Gasteiger charge is 2.25. The third-order valence-corrected chi connectivity index (χ3v) is 4.55. The molecule has 0 fully saturated rings. The van der Waals surface area contributed by atoms with Crippen molar-refractivity contribution in [1.82, 2.24) is 0 Å². The van der Waals surface area contributed by atoms with E-state index in [0.29, 0.717) is 36.2 Å². The molecule has 0 aromatic heterocycles. The number of nitrogens with zero attached hydrogens (tertiary/aromatic N) is 2. The Balaban J connectivity index is 1.56. The molecular formula is C20H18F2N2O6. The Bertz CT molecular complexity index is 949.